The van der Waals surface area contributed by atoms with E-state index in [4.69, 9.17) is 5.41 Å². The molecular formula is C20H26F2N6S. The van der Waals surface area contributed by atoms with Crippen molar-refractivity contribution >= 4 is 29.6 Å². The van der Waals surface area contributed by atoms with Crippen molar-refractivity contribution in [2.75, 3.05) is 30.8 Å². The molecule has 1 atom stereocenters. The van der Waals surface area contributed by atoms with Crippen LogP contribution in [0.2, 0.25) is 0 Å². The van der Waals surface area contributed by atoms with Crippen LogP contribution < -0.4 is 9.62 Å². The van der Waals surface area contributed by atoms with Gasteiger partial charge < -0.3 is 9.88 Å². The monoisotopic (exact) mass is 420 g/mol. The van der Waals surface area contributed by atoms with E-state index in [0.717, 1.165) is 49.2 Å². The second kappa shape index (κ2) is 9.49. The van der Waals surface area contributed by atoms with Gasteiger partial charge in [0, 0.05) is 31.4 Å². The van der Waals surface area contributed by atoms with Crippen molar-refractivity contribution in [2.24, 2.45) is 5.41 Å². The number of pyridine rings is 1. The smallest absolute Gasteiger partial charge is 0.279 e. The maximum absolute atomic E-state index is 12.4. The number of hydrogen-bond donors (Lipinski definition) is 3. The molecule has 0 aliphatic carbocycles. The Morgan fingerprint density at radius 3 is 3.07 bits per heavy atom. The molecule has 0 amide bonds. The number of H-pyrrole nitrogens is 1. The number of hydrogen-bond acceptors (Lipinski definition) is 6. The average Bonchev–Trinajstić information content (AvgIpc) is 3.20. The molecule has 3 rings (SSSR count). The van der Waals surface area contributed by atoms with E-state index in [1.165, 1.54) is 12.5 Å². The molecule has 156 valence electrons. The van der Waals surface area contributed by atoms with Gasteiger partial charge in [0.1, 0.15) is 11.6 Å². The standard InChI is InChI=1S/C20H26F2N6S/c1-20(12-26-29-2)7-3-9-28(13-20)18-10-14(6-8-24-18)16-11-25-17(27-16)5-4-15(23)19(21)22/h4-6,8,10-11,19,23,26H,3,7,9,12-13H2,1-2H3,(H,25,27)/b5-4-,23-15?. The number of allylic oxidation sites excluding steroid dienone is 1. The first-order valence-electron chi connectivity index (χ1n) is 9.47. The summed E-state index contributed by atoms with van der Waals surface area (Å²) in [5, 5.41) is 7.18. The summed E-state index contributed by atoms with van der Waals surface area (Å²) >= 11 is 1.64. The van der Waals surface area contributed by atoms with Crippen LogP contribution in [0.3, 0.4) is 0 Å². The molecule has 6 nitrogen and oxygen atoms in total. The van der Waals surface area contributed by atoms with Crippen molar-refractivity contribution < 1.29 is 8.78 Å². The molecular weight excluding hydrogens is 394 g/mol. The summed E-state index contributed by atoms with van der Waals surface area (Å²) in [7, 11) is 0. The van der Waals surface area contributed by atoms with Gasteiger partial charge in [-0.2, -0.15) is 0 Å². The van der Waals surface area contributed by atoms with Gasteiger partial charge in [0.25, 0.3) is 6.43 Å². The Kier molecular flexibility index (Phi) is 7.02. The van der Waals surface area contributed by atoms with Crippen molar-refractivity contribution in [3.8, 4) is 11.3 Å². The first-order valence-corrected chi connectivity index (χ1v) is 10.7. The van der Waals surface area contributed by atoms with Crippen LogP contribution in [-0.4, -0.2) is 53.0 Å². The van der Waals surface area contributed by atoms with Crippen LogP contribution in [-0.2, 0) is 0 Å². The Morgan fingerprint density at radius 1 is 1.48 bits per heavy atom. The lowest BCUT2D eigenvalue weighted by Crippen LogP contribution is -2.46. The largest absolute Gasteiger partial charge is 0.356 e. The zero-order chi connectivity index (χ0) is 20.9. The second-order valence-corrected chi connectivity index (χ2v) is 8.23. The van der Waals surface area contributed by atoms with Crippen molar-refractivity contribution in [3.63, 3.8) is 0 Å². The highest BCUT2D eigenvalue weighted by Crippen LogP contribution is 2.32. The van der Waals surface area contributed by atoms with E-state index < -0.39 is 12.1 Å². The third kappa shape index (κ3) is 5.63. The quantitative estimate of drug-likeness (QED) is 0.440. The highest BCUT2D eigenvalue weighted by Gasteiger charge is 2.31. The van der Waals surface area contributed by atoms with E-state index in [1.54, 1.807) is 24.3 Å². The van der Waals surface area contributed by atoms with E-state index in [9.17, 15) is 8.78 Å². The normalized spacial score (nSPS) is 20.0. The van der Waals surface area contributed by atoms with Crippen molar-refractivity contribution in [3.05, 3.63) is 36.4 Å². The molecule has 1 aliphatic heterocycles. The van der Waals surface area contributed by atoms with Gasteiger partial charge in [0.2, 0.25) is 0 Å². The fraction of sp³-hybridized carbons (Fsp3) is 0.450. The molecule has 0 radical (unpaired) electrons. The number of halogens is 2. The molecule has 1 aliphatic rings. The highest BCUT2D eigenvalue weighted by atomic mass is 32.2. The first kappa shape index (κ1) is 21.4. The summed E-state index contributed by atoms with van der Waals surface area (Å²) in [6, 6.07) is 3.92. The molecule has 1 saturated heterocycles. The Morgan fingerprint density at radius 2 is 2.31 bits per heavy atom. The zero-order valence-electron chi connectivity index (χ0n) is 16.6. The topological polar surface area (TPSA) is 80.7 Å². The van der Waals surface area contributed by atoms with E-state index in [2.05, 4.69) is 31.5 Å². The lowest BCUT2D eigenvalue weighted by Gasteiger charge is -2.41. The summed E-state index contributed by atoms with van der Waals surface area (Å²) in [6.07, 6.45) is 7.43. The number of piperidine rings is 1. The first-order chi connectivity index (χ1) is 13.9. The molecule has 3 heterocycles. The van der Waals surface area contributed by atoms with Gasteiger partial charge in [0.15, 0.2) is 0 Å². The molecule has 29 heavy (non-hydrogen) atoms. The van der Waals surface area contributed by atoms with Gasteiger partial charge in [-0.15, -0.1) is 0 Å². The molecule has 2 aromatic rings. The molecule has 1 fully saturated rings. The predicted octanol–water partition coefficient (Wildman–Crippen LogP) is 4.24. The van der Waals surface area contributed by atoms with Gasteiger partial charge in [-0.25, -0.2) is 18.7 Å². The number of alkyl halides is 2. The minimum Gasteiger partial charge on any atom is -0.356 e. The molecule has 3 N–H and O–H groups in total. The van der Waals surface area contributed by atoms with Crippen LogP contribution >= 0.6 is 11.9 Å². The molecule has 1 unspecified atom stereocenters. The molecule has 2 aromatic heterocycles. The number of aromatic nitrogens is 3. The Hall–Kier alpha value is -2.26. The Balaban J connectivity index is 1.74. The molecule has 9 heteroatoms. The summed E-state index contributed by atoms with van der Waals surface area (Å²) in [4.78, 5) is 14.2. The minimum absolute atomic E-state index is 0.195. The fourth-order valence-electron chi connectivity index (χ4n) is 3.47. The lowest BCUT2D eigenvalue weighted by atomic mass is 9.82. The number of aromatic amines is 1. The van der Waals surface area contributed by atoms with Crippen LogP contribution in [0.25, 0.3) is 17.3 Å². The predicted molar refractivity (Wildman–Crippen MR) is 116 cm³/mol. The maximum atomic E-state index is 12.4. The van der Waals surface area contributed by atoms with Crippen LogP contribution in [0.4, 0.5) is 14.6 Å². The summed E-state index contributed by atoms with van der Waals surface area (Å²) in [5.41, 5.74) is 1.17. The summed E-state index contributed by atoms with van der Waals surface area (Å²) < 4.78 is 28.2. The van der Waals surface area contributed by atoms with Crippen molar-refractivity contribution in [1.29, 1.82) is 5.41 Å². The van der Waals surface area contributed by atoms with Gasteiger partial charge in [-0.05, 0) is 48.8 Å². The number of imidazole rings is 1. The SMILES string of the molecule is CSNCC1(C)CCCN(c2cc(-c3cnc(/C=C\C(=N)C(F)F)[nH]3)ccn2)C1. The molecule has 0 aromatic carbocycles. The highest BCUT2D eigenvalue weighted by molar-refractivity contribution is 7.96. The Bertz CT molecular complexity index is 868. The number of nitrogens with zero attached hydrogens (tertiary/aromatic N) is 3. The van der Waals surface area contributed by atoms with Crippen LogP contribution in [0.15, 0.2) is 30.6 Å². The minimum atomic E-state index is -2.79. The van der Waals surface area contributed by atoms with Crippen LogP contribution in [0.5, 0.6) is 0 Å². The van der Waals surface area contributed by atoms with E-state index in [0.29, 0.717) is 5.82 Å². The van der Waals surface area contributed by atoms with Gasteiger partial charge in [-0.3, -0.25) is 10.1 Å². The fourth-order valence-corrected chi connectivity index (χ4v) is 3.96. The Labute approximate surface area is 173 Å². The van der Waals surface area contributed by atoms with Crippen LogP contribution in [0.1, 0.15) is 25.6 Å². The zero-order valence-corrected chi connectivity index (χ0v) is 17.4. The van der Waals surface area contributed by atoms with E-state index >= 15 is 0 Å². The number of anilines is 1. The number of nitrogens with one attached hydrogen (secondary N) is 3. The third-order valence-electron chi connectivity index (χ3n) is 5.06. The number of rotatable bonds is 8. The second-order valence-electron chi connectivity index (χ2n) is 7.54. The summed E-state index contributed by atoms with van der Waals surface area (Å²) in [6.45, 7) is 5.16. The van der Waals surface area contributed by atoms with E-state index in [1.807, 2.05) is 18.4 Å². The van der Waals surface area contributed by atoms with Gasteiger partial charge >= 0.3 is 0 Å². The third-order valence-corrected chi connectivity index (χ3v) is 5.49. The maximum Gasteiger partial charge on any atom is 0.279 e. The van der Waals surface area contributed by atoms with Crippen LogP contribution in [0, 0.1) is 10.8 Å². The van der Waals surface area contributed by atoms with Crippen molar-refractivity contribution in [2.45, 2.75) is 26.2 Å². The van der Waals surface area contributed by atoms with Gasteiger partial charge in [-0.1, -0.05) is 18.9 Å². The van der Waals surface area contributed by atoms with Crippen molar-refractivity contribution in [1.82, 2.24) is 19.7 Å². The molecule has 0 saturated carbocycles. The molecule has 0 bridgehead atoms. The molecule has 0 spiro atoms. The van der Waals surface area contributed by atoms with E-state index in [-0.39, 0.29) is 5.41 Å². The van der Waals surface area contributed by atoms with Gasteiger partial charge in [0.05, 0.1) is 17.6 Å². The summed E-state index contributed by atoms with van der Waals surface area (Å²) in [5.74, 6) is 1.35. The average molecular weight is 421 g/mol. The lowest BCUT2D eigenvalue weighted by molar-refractivity contribution is 0.226.